The zero-order valence-electron chi connectivity index (χ0n) is 11.4. The second-order valence-corrected chi connectivity index (χ2v) is 5.99. The van der Waals surface area contributed by atoms with Gasteiger partial charge < -0.3 is 18.5 Å². The summed E-state index contributed by atoms with van der Waals surface area (Å²) in [6.07, 6.45) is 2.63. The molecule has 0 amide bonds. The third kappa shape index (κ3) is 1.73. The highest BCUT2D eigenvalue weighted by atomic mass is 16.7. The van der Waals surface area contributed by atoms with Crippen LogP contribution in [0.5, 0.6) is 0 Å². The van der Waals surface area contributed by atoms with E-state index in [1.54, 1.807) is 6.26 Å². The number of ether oxygens (including phenoxy) is 1. The predicted molar refractivity (Wildman–Crippen MR) is 67.8 cm³/mol. The Morgan fingerprint density at radius 3 is 2.44 bits per heavy atom. The second-order valence-electron chi connectivity index (χ2n) is 5.99. The maximum atomic E-state index is 6.02. The fraction of sp³-hybridized carbons (Fsp3) is 0.692. The monoisotopic (exact) mass is 250 g/mol. The van der Waals surface area contributed by atoms with Gasteiger partial charge in [0.25, 0.3) is 0 Å². The van der Waals surface area contributed by atoms with Crippen molar-refractivity contribution in [1.29, 1.82) is 0 Å². The molecule has 1 aromatic heterocycles. The number of furan rings is 1. The van der Waals surface area contributed by atoms with Crippen LogP contribution in [0.3, 0.4) is 0 Å². The number of hydrogen-bond donors (Lipinski definition) is 0. The Labute approximate surface area is 108 Å². The maximum absolute atomic E-state index is 6.02. The first-order valence-corrected chi connectivity index (χ1v) is 6.43. The zero-order valence-corrected chi connectivity index (χ0v) is 11.4. The average molecular weight is 250 g/mol. The van der Waals surface area contributed by atoms with E-state index >= 15 is 0 Å². The second kappa shape index (κ2) is 3.86. The van der Waals surface area contributed by atoms with Crippen LogP contribution in [-0.2, 0) is 27.1 Å². The minimum atomic E-state index is -0.406. The SMILES string of the molecule is CC1(C)OB(c2occ3c2CCOC3)OC1(C)C. The summed E-state index contributed by atoms with van der Waals surface area (Å²) in [7, 11) is -0.406. The van der Waals surface area contributed by atoms with Crippen LogP contribution in [0.25, 0.3) is 0 Å². The van der Waals surface area contributed by atoms with Crippen LogP contribution in [0.4, 0.5) is 0 Å². The Morgan fingerprint density at radius 2 is 1.78 bits per heavy atom. The molecular weight excluding hydrogens is 231 g/mol. The van der Waals surface area contributed by atoms with Crippen molar-refractivity contribution in [2.75, 3.05) is 6.61 Å². The lowest BCUT2D eigenvalue weighted by atomic mass is 9.81. The first-order chi connectivity index (χ1) is 8.41. The molecule has 0 radical (unpaired) electrons. The summed E-state index contributed by atoms with van der Waals surface area (Å²) in [6.45, 7) is 9.55. The molecule has 4 nitrogen and oxygen atoms in total. The van der Waals surface area contributed by atoms with Crippen LogP contribution in [0.15, 0.2) is 10.7 Å². The fourth-order valence-electron chi connectivity index (χ4n) is 2.34. The molecule has 0 bridgehead atoms. The molecule has 0 unspecified atom stereocenters. The van der Waals surface area contributed by atoms with Gasteiger partial charge >= 0.3 is 7.12 Å². The molecule has 0 aromatic carbocycles. The molecule has 2 aliphatic rings. The lowest BCUT2D eigenvalue weighted by Crippen LogP contribution is -2.41. The highest BCUT2D eigenvalue weighted by molar-refractivity contribution is 6.61. The topological polar surface area (TPSA) is 40.8 Å². The summed E-state index contributed by atoms with van der Waals surface area (Å²) in [5.41, 5.74) is 2.46. The predicted octanol–water partition coefficient (Wildman–Crippen LogP) is 1.65. The molecule has 1 saturated heterocycles. The van der Waals surface area contributed by atoms with Crippen molar-refractivity contribution in [3.05, 3.63) is 17.4 Å². The Kier molecular flexibility index (Phi) is 2.63. The highest BCUT2D eigenvalue weighted by Gasteiger charge is 2.53. The molecule has 0 atom stereocenters. The van der Waals surface area contributed by atoms with E-state index < -0.39 is 7.12 Å². The lowest BCUT2D eigenvalue weighted by molar-refractivity contribution is 0.00578. The molecule has 3 rings (SSSR count). The molecule has 3 heterocycles. The van der Waals surface area contributed by atoms with E-state index in [0.29, 0.717) is 6.61 Å². The van der Waals surface area contributed by atoms with Gasteiger partial charge in [0.2, 0.25) is 0 Å². The van der Waals surface area contributed by atoms with Gasteiger partial charge in [-0.05, 0) is 39.7 Å². The molecule has 0 aliphatic carbocycles. The molecular formula is C13H19BO4. The standard InChI is InChI=1S/C13H19BO4/c1-12(2)13(3,4)18-14(17-12)11-10-5-6-15-7-9(10)8-16-11/h8H,5-7H2,1-4H3. The van der Waals surface area contributed by atoms with E-state index in [4.69, 9.17) is 18.5 Å². The summed E-state index contributed by atoms with van der Waals surface area (Å²) < 4.78 is 23.1. The van der Waals surface area contributed by atoms with Gasteiger partial charge in [-0.3, -0.25) is 0 Å². The molecule has 5 heteroatoms. The minimum absolute atomic E-state index is 0.331. The lowest BCUT2D eigenvalue weighted by Gasteiger charge is -2.32. The van der Waals surface area contributed by atoms with E-state index in [0.717, 1.165) is 24.3 Å². The van der Waals surface area contributed by atoms with E-state index in [-0.39, 0.29) is 11.2 Å². The van der Waals surface area contributed by atoms with Gasteiger partial charge in [0.05, 0.1) is 30.7 Å². The first kappa shape index (κ1) is 12.3. The van der Waals surface area contributed by atoms with Crippen LogP contribution >= 0.6 is 0 Å². The van der Waals surface area contributed by atoms with Gasteiger partial charge in [-0.15, -0.1) is 0 Å². The highest BCUT2D eigenvalue weighted by Crippen LogP contribution is 2.37. The number of fused-ring (bicyclic) bond motifs is 1. The average Bonchev–Trinajstić information content (AvgIpc) is 2.78. The van der Waals surface area contributed by atoms with E-state index in [1.165, 1.54) is 5.56 Å². The van der Waals surface area contributed by atoms with Crippen LogP contribution in [0.2, 0.25) is 0 Å². The molecule has 0 saturated carbocycles. The zero-order chi connectivity index (χ0) is 13.0. The summed E-state index contributed by atoms with van der Waals surface area (Å²) >= 11 is 0. The van der Waals surface area contributed by atoms with E-state index in [1.807, 2.05) is 27.7 Å². The van der Waals surface area contributed by atoms with Gasteiger partial charge in [-0.25, -0.2) is 0 Å². The van der Waals surface area contributed by atoms with Crippen molar-refractivity contribution in [2.24, 2.45) is 0 Å². The third-order valence-electron chi connectivity index (χ3n) is 4.23. The summed E-state index contributed by atoms with van der Waals surface area (Å²) in [5.74, 6) is 0. The Hall–Kier alpha value is -0.775. The quantitative estimate of drug-likeness (QED) is 0.710. The van der Waals surface area contributed by atoms with Crippen molar-refractivity contribution in [2.45, 2.75) is 51.9 Å². The van der Waals surface area contributed by atoms with E-state index in [2.05, 4.69) is 0 Å². The number of hydrogen-bond acceptors (Lipinski definition) is 4. The van der Waals surface area contributed by atoms with Crippen molar-refractivity contribution < 1.29 is 18.5 Å². The van der Waals surface area contributed by atoms with Gasteiger partial charge in [0, 0.05) is 5.56 Å². The smallest absolute Gasteiger partial charge is 0.472 e. The molecule has 0 N–H and O–H groups in total. The Morgan fingerprint density at radius 1 is 1.11 bits per heavy atom. The van der Waals surface area contributed by atoms with Crippen molar-refractivity contribution >= 4 is 12.8 Å². The van der Waals surface area contributed by atoms with Gasteiger partial charge in [-0.2, -0.15) is 0 Å². The molecule has 2 aliphatic heterocycles. The van der Waals surface area contributed by atoms with Crippen molar-refractivity contribution in [3.63, 3.8) is 0 Å². The normalized spacial score (nSPS) is 25.2. The summed E-state index contributed by atoms with van der Waals surface area (Å²) in [4.78, 5) is 0. The summed E-state index contributed by atoms with van der Waals surface area (Å²) in [6, 6.07) is 0. The molecule has 18 heavy (non-hydrogen) atoms. The molecule has 1 aromatic rings. The third-order valence-corrected chi connectivity index (χ3v) is 4.23. The Bertz CT molecular complexity index is 448. The van der Waals surface area contributed by atoms with Gasteiger partial charge in [-0.1, -0.05) is 0 Å². The minimum Gasteiger partial charge on any atom is -0.472 e. The molecule has 1 fully saturated rings. The largest absolute Gasteiger partial charge is 0.533 e. The molecule has 0 spiro atoms. The first-order valence-electron chi connectivity index (χ1n) is 6.43. The van der Waals surface area contributed by atoms with Gasteiger partial charge in [0.1, 0.15) is 5.66 Å². The maximum Gasteiger partial charge on any atom is 0.533 e. The molecule has 98 valence electrons. The van der Waals surface area contributed by atoms with Gasteiger partial charge in [0.15, 0.2) is 0 Å². The van der Waals surface area contributed by atoms with Crippen LogP contribution < -0.4 is 5.66 Å². The van der Waals surface area contributed by atoms with E-state index in [9.17, 15) is 0 Å². The van der Waals surface area contributed by atoms with Crippen LogP contribution in [-0.4, -0.2) is 24.9 Å². The Balaban J connectivity index is 1.91. The van der Waals surface area contributed by atoms with Crippen molar-refractivity contribution in [3.8, 4) is 0 Å². The van der Waals surface area contributed by atoms with Crippen LogP contribution in [0, 0.1) is 0 Å². The fourth-order valence-corrected chi connectivity index (χ4v) is 2.34. The van der Waals surface area contributed by atoms with Crippen molar-refractivity contribution in [1.82, 2.24) is 0 Å². The summed E-state index contributed by atoms with van der Waals surface area (Å²) in [5, 5.41) is 0. The van der Waals surface area contributed by atoms with Crippen LogP contribution in [0.1, 0.15) is 38.8 Å². The number of rotatable bonds is 1.